The summed E-state index contributed by atoms with van der Waals surface area (Å²) >= 11 is 0. The summed E-state index contributed by atoms with van der Waals surface area (Å²) in [6.07, 6.45) is 6.05. The Kier molecular flexibility index (Phi) is 5.90. The first-order chi connectivity index (χ1) is 16.1. The molecule has 1 aromatic carbocycles. The van der Waals surface area contributed by atoms with E-state index < -0.39 is 12.3 Å². The first-order valence-electron chi connectivity index (χ1n) is 11.0. The predicted octanol–water partition coefficient (Wildman–Crippen LogP) is 1.38. The molecule has 0 bridgehead atoms. The fraction of sp³-hybridized carbons (Fsp3) is 0.476. The zero-order valence-electron chi connectivity index (χ0n) is 18.0. The molecule has 33 heavy (non-hydrogen) atoms. The molecule has 12 heteroatoms. The number of aromatic nitrogens is 6. The van der Waals surface area contributed by atoms with Crippen LogP contribution in [0.2, 0.25) is 0 Å². The largest absolute Gasteiger partial charge is 0.447 e. The van der Waals surface area contributed by atoms with Gasteiger partial charge in [0.15, 0.2) is 6.17 Å². The topological polar surface area (TPSA) is 114 Å². The zero-order chi connectivity index (χ0) is 22.8. The monoisotopic (exact) mass is 456 g/mol. The van der Waals surface area contributed by atoms with Crippen molar-refractivity contribution in [3.8, 4) is 0 Å². The third-order valence-corrected chi connectivity index (χ3v) is 6.15. The number of benzene rings is 1. The molecule has 174 valence electrons. The van der Waals surface area contributed by atoms with E-state index in [-0.39, 0.29) is 25.1 Å². The smallest absolute Gasteiger partial charge is 0.411 e. The van der Waals surface area contributed by atoms with Gasteiger partial charge in [-0.25, -0.2) is 18.5 Å². The number of amides is 1. The van der Waals surface area contributed by atoms with Crippen molar-refractivity contribution >= 4 is 11.8 Å². The van der Waals surface area contributed by atoms with Crippen molar-refractivity contribution in [3.05, 3.63) is 53.9 Å². The number of nitrogens with zero attached hydrogens (tertiary/aromatic N) is 8. The molecule has 1 atom stereocenters. The molecule has 1 N–H and O–H groups in total. The second-order valence-corrected chi connectivity index (χ2v) is 8.16. The molecule has 4 heterocycles. The average Bonchev–Trinajstić information content (AvgIpc) is 3.59. The van der Waals surface area contributed by atoms with Crippen LogP contribution < -0.4 is 4.90 Å². The average molecular weight is 456 g/mol. The van der Waals surface area contributed by atoms with Crippen molar-refractivity contribution < 1.29 is 19.0 Å². The molecular weight excluding hydrogens is 431 g/mol. The SMILES string of the molecule is O=C1OCCN1[C@@H](c1ccc(N2CCC(n3cc(CCO)nn3)CC2)c(F)c1)n1ccnn1. The van der Waals surface area contributed by atoms with Gasteiger partial charge in [0.1, 0.15) is 12.4 Å². The lowest BCUT2D eigenvalue weighted by Crippen LogP contribution is -2.36. The van der Waals surface area contributed by atoms with E-state index in [9.17, 15) is 4.79 Å². The number of aliphatic hydroxyl groups is 1. The number of anilines is 1. The quantitative estimate of drug-likeness (QED) is 0.567. The van der Waals surface area contributed by atoms with Gasteiger partial charge < -0.3 is 14.7 Å². The maximum atomic E-state index is 15.3. The Labute approximate surface area is 189 Å². The Hall–Kier alpha value is -3.54. The Balaban J connectivity index is 1.31. The molecule has 1 amide bonds. The molecule has 3 aromatic rings. The number of hydrogen-bond acceptors (Lipinski definition) is 8. The van der Waals surface area contributed by atoms with E-state index in [1.807, 2.05) is 21.8 Å². The number of halogens is 1. The van der Waals surface area contributed by atoms with Gasteiger partial charge >= 0.3 is 6.09 Å². The number of piperidine rings is 1. The Morgan fingerprint density at radius 1 is 1.21 bits per heavy atom. The summed E-state index contributed by atoms with van der Waals surface area (Å²) in [7, 11) is 0. The number of ether oxygens (including phenoxy) is 1. The third kappa shape index (κ3) is 4.25. The highest BCUT2D eigenvalue weighted by atomic mass is 19.1. The van der Waals surface area contributed by atoms with E-state index in [1.54, 1.807) is 12.3 Å². The van der Waals surface area contributed by atoms with Crippen LogP contribution in [0.4, 0.5) is 14.9 Å². The van der Waals surface area contributed by atoms with E-state index in [1.165, 1.54) is 21.8 Å². The van der Waals surface area contributed by atoms with Crippen molar-refractivity contribution in [1.82, 2.24) is 34.9 Å². The number of rotatable bonds is 7. The van der Waals surface area contributed by atoms with Crippen molar-refractivity contribution in [2.45, 2.75) is 31.5 Å². The van der Waals surface area contributed by atoms with Crippen molar-refractivity contribution in [3.63, 3.8) is 0 Å². The minimum atomic E-state index is -0.628. The minimum absolute atomic E-state index is 0.0448. The number of aliphatic hydroxyl groups excluding tert-OH is 1. The predicted molar refractivity (Wildman–Crippen MR) is 114 cm³/mol. The van der Waals surface area contributed by atoms with Gasteiger partial charge in [-0.15, -0.1) is 10.2 Å². The van der Waals surface area contributed by atoms with Crippen molar-refractivity contribution in [2.75, 3.05) is 37.7 Å². The molecule has 0 saturated carbocycles. The van der Waals surface area contributed by atoms with Gasteiger partial charge in [0.05, 0.1) is 30.2 Å². The molecule has 0 unspecified atom stereocenters. The highest BCUT2D eigenvalue weighted by Crippen LogP contribution is 2.32. The molecule has 0 aliphatic carbocycles. The molecule has 11 nitrogen and oxygen atoms in total. The van der Waals surface area contributed by atoms with Gasteiger partial charge in [0, 0.05) is 38.5 Å². The lowest BCUT2D eigenvalue weighted by Gasteiger charge is -2.34. The summed E-state index contributed by atoms with van der Waals surface area (Å²) in [5, 5.41) is 25.2. The van der Waals surface area contributed by atoms with Crippen LogP contribution >= 0.6 is 0 Å². The van der Waals surface area contributed by atoms with E-state index in [0.717, 1.165) is 18.5 Å². The number of carbonyl (C=O) groups is 1. The van der Waals surface area contributed by atoms with Gasteiger partial charge in [0.2, 0.25) is 0 Å². The fourth-order valence-corrected chi connectivity index (χ4v) is 4.48. The van der Waals surface area contributed by atoms with Crippen LogP contribution in [0.15, 0.2) is 36.8 Å². The van der Waals surface area contributed by atoms with Crippen LogP contribution in [-0.4, -0.2) is 78.9 Å². The summed E-state index contributed by atoms with van der Waals surface area (Å²) in [6, 6.07) is 5.23. The fourth-order valence-electron chi connectivity index (χ4n) is 4.48. The molecule has 2 aliphatic heterocycles. The van der Waals surface area contributed by atoms with Crippen LogP contribution in [0.1, 0.15) is 36.3 Å². The Bertz CT molecular complexity index is 1100. The molecule has 2 aromatic heterocycles. The maximum absolute atomic E-state index is 15.3. The lowest BCUT2D eigenvalue weighted by atomic mass is 10.0. The third-order valence-electron chi connectivity index (χ3n) is 6.15. The second-order valence-electron chi connectivity index (χ2n) is 8.16. The number of hydrogen-bond donors (Lipinski definition) is 1. The number of carbonyl (C=O) groups excluding carboxylic acids is 1. The van der Waals surface area contributed by atoms with Crippen LogP contribution in [0, 0.1) is 5.82 Å². The maximum Gasteiger partial charge on any atom is 0.411 e. The molecule has 0 spiro atoms. The Morgan fingerprint density at radius 2 is 2.06 bits per heavy atom. The van der Waals surface area contributed by atoms with Gasteiger partial charge in [-0.2, -0.15) is 0 Å². The Morgan fingerprint density at radius 3 is 2.73 bits per heavy atom. The summed E-state index contributed by atoms with van der Waals surface area (Å²) in [6.45, 7) is 2.08. The van der Waals surface area contributed by atoms with Gasteiger partial charge in [-0.1, -0.05) is 16.5 Å². The van der Waals surface area contributed by atoms with E-state index in [4.69, 9.17) is 9.84 Å². The molecule has 2 fully saturated rings. The van der Waals surface area contributed by atoms with Crippen LogP contribution in [0.25, 0.3) is 0 Å². The number of cyclic esters (lactones) is 1. The highest BCUT2D eigenvalue weighted by Gasteiger charge is 2.33. The summed E-state index contributed by atoms with van der Waals surface area (Å²) in [4.78, 5) is 15.7. The minimum Gasteiger partial charge on any atom is -0.447 e. The second kappa shape index (κ2) is 9.14. The first kappa shape index (κ1) is 21.3. The molecule has 2 aliphatic rings. The van der Waals surface area contributed by atoms with E-state index >= 15 is 4.39 Å². The van der Waals surface area contributed by atoms with Gasteiger partial charge in [-0.05, 0) is 30.5 Å². The molecular formula is C21H25FN8O3. The van der Waals surface area contributed by atoms with Crippen molar-refractivity contribution in [2.24, 2.45) is 0 Å². The van der Waals surface area contributed by atoms with Crippen molar-refractivity contribution in [1.29, 1.82) is 0 Å². The van der Waals surface area contributed by atoms with Crippen LogP contribution in [-0.2, 0) is 11.2 Å². The summed E-state index contributed by atoms with van der Waals surface area (Å²) in [5.74, 6) is -0.352. The molecule has 5 rings (SSSR count). The molecule has 2 saturated heterocycles. The first-order valence-corrected chi connectivity index (χ1v) is 11.0. The van der Waals surface area contributed by atoms with Crippen LogP contribution in [0.3, 0.4) is 0 Å². The van der Waals surface area contributed by atoms with Crippen LogP contribution in [0.5, 0.6) is 0 Å². The van der Waals surface area contributed by atoms with Gasteiger partial charge in [0.25, 0.3) is 0 Å². The molecule has 0 radical (unpaired) electrons. The standard InChI is InChI=1S/C21H25FN8O3/c22-18-13-15(20(29-9-6-23-25-29)28-10-12-33-21(28)32)1-2-19(18)27-7-3-17(4-8-27)30-14-16(5-11-31)24-26-30/h1-2,6,9,13-14,17,20,31H,3-5,7-8,10-12H2/t20-/m1/s1. The highest BCUT2D eigenvalue weighted by molar-refractivity contribution is 5.70. The van der Waals surface area contributed by atoms with Gasteiger partial charge in [-0.3, -0.25) is 4.90 Å². The van der Waals surface area contributed by atoms with E-state index in [2.05, 4.69) is 20.6 Å². The van der Waals surface area contributed by atoms with E-state index in [0.29, 0.717) is 37.3 Å². The summed E-state index contributed by atoms with van der Waals surface area (Å²) < 4.78 is 23.7. The lowest BCUT2D eigenvalue weighted by molar-refractivity contribution is 0.139. The normalized spacial score (nSPS) is 18.1. The summed E-state index contributed by atoms with van der Waals surface area (Å²) in [5.41, 5.74) is 1.89. The zero-order valence-corrected chi connectivity index (χ0v) is 18.0.